The molecule has 0 N–H and O–H groups in total. The molecule has 0 aliphatic heterocycles. The number of nitro groups is 1. The van der Waals surface area contributed by atoms with Crippen molar-refractivity contribution >= 4 is 33.1 Å². The summed E-state index contributed by atoms with van der Waals surface area (Å²) in [4.78, 5) is 27.9. The Hall–Kier alpha value is -2.84. The van der Waals surface area contributed by atoms with Gasteiger partial charge in [-0.3, -0.25) is 14.9 Å². The highest BCUT2D eigenvalue weighted by Crippen LogP contribution is 2.23. The minimum absolute atomic E-state index is 0.00872. The number of nitrogens with zero attached hydrogens (tertiary/aromatic N) is 3. The van der Waals surface area contributed by atoms with Crippen LogP contribution in [0.25, 0.3) is 10.2 Å². The minimum Gasteiger partial charge on any atom is -0.383 e. The number of carbonyl (C=O) groups is 1. The van der Waals surface area contributed by atoms with Gasteiger partial charge >= 0.3 is 0 Å². The minimum atomic E-state index is -0.437. The van der Waals surface area contributed by atoms with Crippen LogP contribution in [0.15, 0.2) is 47.5 Å². The van der Waals surface area contributed by atoms with E-state index in [4.69, 9.17) is 4.74 Å². The Morgan fingerprint density at radius 3 is 2.77 bits per heavy atom. The summed E-state index contributed by atoms with van der Waals surface area (Å²) in [6.07, 6.45) is 0. The Kier molecular flexibility index (Phi) is 5.24. The van der Waals surface area contributed by atoms with Gasteiger partial charge in [0.2, 0.25) is 0 Å². The third kappa shape index (κ3) is 3.56. The van der Waals surface area contributed by atoms with Crippen LogP contribution in [0, 0.1) is 17.0 Å². The van der Waals surface area contributed by atoms with Crippen molar-refractivity contribution in [2.45, 2.75) is 13.5 Å². The first kappa shape index (κ1) is 18.0. The molecule has 1 aromatic heterocycles. The third-order valence-electron chi connectivity index (χ3n) is 3.97. The molecular formula is C18H17N3O4S. The molecule has 2 aromatic carbocycles. The van der Waals surface area contributed by atoms with Gasteiger partial charge in [0.25, 0.3) is 11.6 Å². The molecule has 0 unspecified atom stereocenters. The number of aryl methyl sites for hydroxylation is 1. The van der Waals surface area contributed by atoms with Crippen LogP contribution >= 0.6 is 11.3 Å². The zero-order chi connectivity index (χ0) is 18.7. The van der Waals surface area contributed by atoms with E-state index in [9.17, 15) is 14.9 Å². The summed E-state index contributed by atoms with van der Waals surface area (Å²) in [5, 5.41) is 11.0. The van der Waals surface area contributed by atoms with E-state index in [1.807, 2.05) is 23.6 Å². The topological polar surface area (TPSA) is 86.7 Å². The molecule has 3 rings (SSSR count). The fourth-order valence-corrected chi connectivity index (χ4v) is 3.71. The van der Waals surface area contributed by atoms with Crippen LogP contribution in [0.3, 0.4) is 0 Å². The molecule has 134 valence electrons. The van der Waals surface area contributed by atoms with E-state index < -0.39 is 4.92 Å². The lowest BCUT2D eigenvalue weighted by atomic mass is 10.1. The van der Waals surface area contributed by atoms with Crippen LogP contribution < -0.4 is 4.80 Å². The Labute approximate surface area is 153 Å². The first-order valence-corrected chi connectivity index (χ1v) is 8.74. The smallest absolute Gasteiger partial charge is 0.279 e. The number of thiazole rings is 1. The zero-order valence-corrected chi connectivity index (χ0v) is 15.2. The predicted molar refractivity (Wildman–Crippen MR) is 99.4 cm³/mol. The summed E-state index contributed by atoms with van der Waals surface area (Å²) < 4.78 is 7.69. The van der Waals surface area contributed by atoms with Crippen LogP contribution in [-0.2, 0) is 11.3 Å². The Balaban J connectivity index is 2.15. The summed E-state index contributed by atoms with van der Waals surface area (Å²) in [6, 6.07) is 11.9. The second kappa shape index (κ2) is 7.59. The lowest BCUT2D eigenvalue weighted by Crippen LogP contribution is -2.19. The van der Waals surface area contributed by atoms with Crippen molar-refractivity contribution in [3.63, 3.8) is 0 Å². The van der Waals surface area contributed by atoms with Gasteiger partial charge in [0, 0.05) is 31.4 Å². The van der Waals surface area contributed by atoms with Crippen LogP contribution in [-0.4, -0.2) is 29.1 Å². The van der Waals surface area contributed by atoms with Crippen molar-refractivity contribution in [1.82, 2.24) is 4.57 Å². The maximum absolute atomic E-state index is 12.6. The number of hydrogen-bond donors (Lipinski definition) is 0. The fourth-order valence-electron chi connectivity index (χ4n) is 2.62. The van der Waals surface area contributed by atoms with Gasteiger partial charge in [0.1, 0.15) is 0 Å². The highest BCUT2D eigenvalue weighted by atomic mass is 32.1. The summed E-state index contributed by atoms with van der Waals surface area (Å²) in [7, 11) is 1.59. The van der Waals surface area contributed by atoms with Gasteiger partial charge in [0.05, 0.1) is 21.7 Å². The number of aromatic nitrogens is 1. The van der Waals surface area contributed by atoms with E-state index in [1.165, 1.54) is 23.5 Å². The number of nitro benzene ring substituents is 1. The quantitative estimate of drug-likeness (QED) is 0.508. The monoisotopic (exact) mass is 371 g/mol. The summed E-state index contributed by atoms with van der Waals surface area (Å²) in [5.74, 6) is -0.338. The Morgan fingerprint density at radius 1 is 1.31 bits per heavy atom. The largest absolute Gasteiger partial charge is 0.383 e. The molecule has 0 radical (unpaired) electrons. The molecule has 26 heavy (non-hydrogen) atoms. The lowest BCUT2D eigenvalue weighted by Gasteiger charge is -2.04. The average Bonchev–Trinajstić information content (AvgIpc) is 2.96. The number of amides is 1. The van der Waals surface area contributed by atoms with Gasteiger partial charge in [-0.05, 0) is 24.6 Å². The third-order valence-corrected chi connectivity index (χ3v) is 5.01. The van der Waals surface area contributed by atoms with E-state index in [1.54, 1.807) is 25.3 Å². The van der Waals surface area contributed by atoms with Crippen LogP contribution in [0.2, 0.25) is 0 Å². The standard InChI is InChI=1S/C18H17N3O4S/c1-12-5-3-4-6-14(12)17(22)19-18-20(9-10-25-2)15-8-7-13(21(23)24)11-16(15)26-18/h3-8,11H,9-10H2,1-2H3. The lowest BCUT2D eigenvalue weighted by molar-refractivity contribution is -0.384. The van der Waals surface area contributed by atoms with E-state index in [2.05, 4.69) is 4.99 Å². The maximum Gasteiger partial charge on any atom is 0.279 e. The van der Waals surface area contributed by atoms with Crippen molar-refractivity contribution in [3.8, 4) is 0 Å². The molecule has 3 aromatic rings. The van der Waals surface area contributed by atoms with Gasteiger partial charge in [-0.25, -0.2) is 0 Å². The summed E-state index contributed by atoms with van der Waals surface area (Å²) >= 11 is 1.25. The maximum atomic E-state index is 12.6. The molecule has 0 aliphatic carbocycles. The molecule has 7 nitrogen and oxygen atoms in total. The second-order valence-corrected chi connectivity index (χ2v) is 6.68. The molecule has 1 amide bonds. The molecule has 0 bridgehead atoms. The van der Waals surface area contributed by atoms with E-state index in [0.717, 1.165) is 11.1 Å². The number of ether oxygens (including phenoxy) is 1. The normalized spacial score (nSPS) is 11.8. The number of rotatable bonds is 5. The summed E-state index contributed by atoms with van der Waals surface area (Å²) in [5.41, 5.74) is 2.18. The first-order chi connectivity index (χ1) is 12.5. The van der Waals surface area contributed by atoms with E-state index in [0.29, 0.717) is 28.2 Å². The zero-order valence-electron chi connectivity index (χ0n) is 14.3. The van der Waals surface area contributed by atoms with Gasteiger partial charge in [-0.15, -0.1) is 0 Å². The van der Waals surface area contributed by atoms with E-state index >= 15 is 0 Å². The molecule has 0 aliphatic rings. The Bertz CT molecular complexity index is 1050. The number of non-ortho nitro benzene ring substituents is 1. The fraction of sp³-hybridized carbons (Fsp3) is 0.222. The van der Waals surface area contributed by atoms with Crippen molar-refractivity contribution < 1.29 is 14.5 Å². The number of methoxy groups -OCH3 is 1. The van der Waals surface area contributed by atoms with Crippen LogP contribution in [0.5, 0.6) is 0 Å². The second-order valence-electron chi connectivity index (χ2n) is 5.67. The number of hydrogen-bond acceptors (Lipinski definition) is 5. The van der Waals surface area contributed by atoms with Crippen molar-refractivity contribution in [1.29, 1.82) is 0 Å². The van der Waals surface area contributed by atoms with Crippen molar-refractivity contribution in [2.24, 2.45) is 4.99 Å². The molecule has 0 spiro atoms. The molecule has 8 heteroatoms. The number of fused-ring (bicyclic) bond motifs is 1. The van der Waals surface area contributed by atoms with Crippen LogP contribution in [0.4, 0.5) is 5.69 Å². The van der Waals surface area contributed by atoms with E-state index in [-0.39, 0.29) is 11.6 Å². The Morgan fingerprint density at radius 2 is 2.08 bits per heavy atom. The molecule has 0 saturated heterocycles. The van der Waals surface area contributed by atoms with Crippen LogP contribution in [0.1, 0.15) is 15.9 Å². The molecule has 1 heterocycles. The SMILES string of the molecule is COCCn1c(=NC(=O)c2ccccc2C)sc2cc([N+](=O)[O-])ccc21. The molecule has 0 atom stereocenters. The van der Waals surface area contributed by atoms with Gasteiger partial charge in [-0.1, -0.05) is 29.5 Å². The van der Waals surface area contributed by atoms with Crippen molar-refractivity contribution in [2.75, 3.05) is 13.7 Å². The number of benzene rings is 2. The highest BCUT2D eigenvalue weighted by molar-refractivity contribution is 7.16. The summed E-state index contributed by atoms with van der Waals surface area (Å²) in [6.45, 7) is 2.79. The highest BCUT2D eigenvalue weighted by Gasteiger charge is 2.13. The molecule has 0 fully saturated rings. The van der Waals surface area contributed by atoms with Gasteiger partial charge in [0.15, 0.2) is 4.80 Å². The average molecular weight is 371 g/mol. The molecule has 0 saturated carbocycles. The molecular weight excluding hydrogens is 354 g/mol. The number of carbonyl (C=O) groups excluding carboxylic acids is 1. The first-order valence-electron chi connectivity index (χ1n) is 7.92. The predicted octanol–water partition coefficient (Wildman–Crippen LogP) is 3.31. The van der Waals surface area contributed by atoms with Gasteiger partial charge in [-0.2, -0.15) is 4.99 Å². The van der Waals surface area contributed by atoms with Crippen molar-refractivity contribution in [3.05, 3.63) is 68.5 Å². The van der Waals surface area contributed by atoms with Gasteiger partial charge < -0.3 is 9.30 Å².